The first-order valence-electron chi connectivity index (χ1n) is 6.68. The molecule has 0 aromatic carbocycles. The first kappa shape index (κ1) is 16.5. The van der Waals surface area contributed by atoms with E-state index in [2.05, 4.69) is 10.6 Å². The largest absolute Gasteiger partial charge is 0.481 e. The summed E-state index contributed by atoms with van der Waals surface area (Å²) in [6.45, 7) is 6.57. The minimum Gasteiger partial charge on any atom is -0.481 e. The summed E-state index contributed by atoms with van der Waals surface area (Å²) in [5.41, 5.74) is 0. The van der Waals surface area contributed by atoms with Crippen molar-refractivity contribution in [2.75, 3.05) is 6.54 Å². The van der Waals surface area contributed by atoms with Gasteiger partial charge in [-0.1, -0.05) is 13.8 Å². The van der Waals surface area contributed by atoms with Crippen LogP contribution in [-0.4, -0.2) is 23.7 Å². The molecule has 112 valence electrons. The molecule has 0 aliphatic rings. The van der Waals surface area contributed by atoms with Gasteiger partial charge in [0.2, 0.25) is 0 Å². The Hall–Kier alpha value is -1.56. The van der Waals surface area contributed by atoms with E-state index in [9.17, 15) is 9.59 Å². The zero-order valence-electron chi connectivity index (χ0n) is 12.1. The molecule has 0 saturated carbocycles. The molecule has 0 bridgehead atoms. The SMILES string of the molecule is Cc1ccc(CNC(=O)NCC(CC(C)C)C(=O)O)s1. The van der Waals surface area contributed by atoms with Crippen LogP contribution in [0, 0.1) is 18.8 Å². The average molecular weight is 298 g/mol. The molecular formula is C14H22N2O3S. The van der Waals surface area contributed by atoms with Gasteiger partial charge in [-0.2, -0.15) is 0 Å². The van der Waals surface area contributed by atoms with Crippen molar-refractivity contribution in [2.45, 2.75) is 33.7 Å². The fourth-order valence-corrected chi connectivity index (χ4v) is 2.70. The van der Waals surface area contributed by atoms with E-state index < -0.39 is 11.9 Å². The number of nitrogens with one attached hydrogen (secondary N) is 2. The highest BCUT2D eigenvalue weighted by Gasteiger charge is 2.19. The summed E-state index contributed by atoms with van der Waals surface area (Å²) in [6, 6.07) is 3.65. The maximum atomic E-state index is 11.6. The normalized spacial score (nSPS) is 12.2. The molecule has 2 amide bonds. The Morgan fingerprint density at radius 2 is 2.00 bits per heavy atom. The Morgan fingerprint density at radius 3 is 2.50 bits per heavy atom. The van der Waals surface area contributed by atoms with Crippen molar-refractivity contribution in [1.82, 2.24) is 10.6 Å². The van der Waals surface area contributed by atoms with Crippen LogP contribution in [0.4, 0.5) is 4.79 Å². The molecule has 1 rings (SSSR count). The van der Waals surface area contributed by atoms with Gasteiger partial charge in [-0.25, -0.2) is 4.79 Å². The molecule has 1 heterocycles. The standard InChI is InChI=1S/C14H22N2O3S/c1-9(2)6-11(13(17)18)7-15-14(19)16-8-12-5-4-10(3)20-12/h4-5,9,11H,6-8H2,1-3H3,(H,17,18)(H2,15,16,19). The van der Waals surface area contributed by atoms with E-state index in [1.165, 1.54) is 4.88 Å². The molecule has 0 radical (unpaired) electrons. The highest BCUT2D eigenvalue weighted by molar-refractivity contribution is 7.11. The van der Waals surface area contributed by atoms with Gasteiger partial charge in [0.05, 0.1) is 12.5 Å². The first-order valence-corrected chi connectivity index (χ1v) is 7.50. The third kappa shape index (κ3) is 6.06. The lowest BCUT2D eigenvalue weighted by molar-refractivity contribution is -0.142. The third-order valence-electron chi connectivity index (χ3n) is 2.83. The molecule has 0 fully saturated rings. The van der Waals surface area contributed by atoms with E-state index in [-0.39, 0.29) is 18.5 Å². The zero-order valence-corrected chi connectivity index (χ0v) is 12.9. The first-order chi connectivity index (χ1) is 9.38. The fourth-order valence-electron chi connectivity index (χ4n) is 1.87. The Labute approximate surface area is 123 Å². The topological polar surface area (TPSA) is 78.4 Å². The molecule has 3 N–H and O–H groups in total. The number of aliphatic carboxylic acids is 1. The van der Waals surface area contributed by atoms with E-state index in [1.807, 2.05) is 32.9 Å². The Bertz CT molecular complexity index is 457. The number of thiophene rings is 1. The summed E-state index contributed by atoms with van der Waals surface area (Å²) in [7, 11) is 0. The lowest BCUT2D eigenvalue weighted by Crippen LogP contribution is -2.39. The monoisotopic (exact) mass is 298 g/mol. The van der Waals surface area contributed by atoms with Crippen LogP contribution in [0.15, 0.2) is 12.1 Å². The van der Waals surface area contributed by atoms with Gasteiger partial charge < -0.3 is 15.7 Å². The summed E-state index contributed by atoms with van der Waals surface area (Å²) in [5.74, 6) is -1.12. The van der Waals surface area contributed by atoms with Crippen molar-refractivity contribution >= 4 is 23.3 Å². The van der Waals surface area contributed by atoms with Crippen molar-refractivity contribution in [1.29, 1.82) is 0 Å². The van der Waals surface area contributed by atoms with Crippen molar-refractivity contribution in [3.63, 3.8) is 0 Å². The maximum absolute atomic E-state index is 11.6. The van der Waals surface area contributed by atoms with Crippen LogP contribution in [-0.2, 0) is 11.3 Å². The van der Waals surface area contributed by atoms with E-state index >= 15 is 0 Å². The number of carbonyl (C=O) groups excluding carboxylic acids is 1. The minimum atomic E-state index is -0.868. The summed E-state index contributed by atoms with van der Waals surface area (Å²) >= 11 is 1.63. The zero-order chi connectivity index (χ0) is 15.1. The summed E-state index contributed by atoms with van der Waals surface area (Å²) < 4.78 is 0. The number of hydrogen-bond donors (Lipinski definition) is 3. The van der Waals surface area contributed by atoms with Crippen LogP contribution >= 0.6 is 11.3 Å². The van der Waals surface area contributed by atoms with Crippen LogP contribution in [0.3, 0.4) is 0 Å². The van der Waals surface area contributed by atoms with Gasteiger partial charge >= 0.3 is 12.0 Å². The van der Waals surface area contributed by atoms with Crippen LogP contribution in [0.2, 0.25) is 0 Å². The summed E-state index contributed by atoms with van der Waals surface area (Å²) in [5, 5.41) is 14.4. The molecule has 1 atom stereocenters. The molecule has 6 heteroatoms. The van der Waals surface area contributed by atoms with Gasteiger partial charge in [-0.15, -0.1) is 11.3 Å². The molecule has 20 heavy (non-hydrogen) atoms. The van der Waals surface area contributed by atoms with Crippen LogP contribution in [0.1, 0.15) is 30.0 Å². The van der Waals surface area contributed by atoms with Gasteiger partial charge in [0.15, 0.2) is 0 Å². The molecule has 5 nitrogen and oxygen atoms in total. The molecule has 0 saturated heterocycles. The molecule has 1 aromatic heterocycles. The highest BCUT2D eigenvalue weighted by atomic mass is 32.1. The second-order valence-corrected chi connectivity index (χ2v) is 6.61. The molecule has 0 aliphatic carbocycles. The Balaban J connectivity index is 2.32. The summed E-state index contributed by atoms with van der Waals surface area (Å²) in [6.07, 6.45) is 0.555. The number of rotatable bonds is 7. The number of carbonyl (C=O) groups is 2. The smallest absolute Gasteiger partial charge is 0.315 e. The van der Waals surface area contributed by atoms with Gasteiger partial charge in [-0.3, -0.25) is 4.79 Å². The predicted molar refractivity (Wildman–Crippen MR) is 79.9 cm³/mol. The molecule has 1 aromatic rings. The van der Waals surface area contributed by atoms with E-state index in [0.29, 0.717) is 13.0 Å². The molecular weight excluding hydrogens is 276 g/mol. The maximum Gasteiger partial charge on any atom is 0.315 e. The Morgan fingerprint density at radius 1 is 1.30 bits per heavy atom. The van der Waals surface area contributed by atoms with Crippen LogP contribution in [0.5, 0.6) is 0 Å². The van der Waals surface area contributed by atoms with Gasteiger partial charge in [-0.05, 0) is 31.4 Å². The second kappa shape index (κ2) is 7.89. The van der Waals surface area contributed by atoms with E-state index in [0.717, 1.165) is 4.88 Å². The van der Waals surface area contributed by atoms with Crippen molar-refractivity contribution in [3.05, 3.63) is 21.9 Å². The molecule has 0 spiro atoms. The van der Waals surface area contributed by atoms with Gasteiger partial charge in [0, 0.05) is 16.3 Å². The van der Waals surface area contributed by atoms with Crippen molar-refractivity contribution in [2.24, 2.45) is 11.8 Å². The minimum absolute atomic E-state index is 0.156. The third-order valence-corrected chi connectivity index (χ3v) is 3.83. The summed E-state index contributed by atoms with van der Waals surface area (Å²) in [4.78, 5) is 25.0. The fraction of sp³-hybridized carbons (Fsp3) is 0.571. The Kier molecular flexibility index (Phi) is 6.51. The van der Waals surface area contributed by atoms with Crippen molar-refractivity contribution in [3.8, 4) is 0 Å². The van der Waals surface area contributed by atoms with E-state index in [1.54, 1.807) is 11.3 Å². The number of carboxylic acids is 1. The molecule has 0 aliphatic heterocycles. The van der Waals surface area contributed by atoms with Gasteiger partial charge in [0.1, 0.15) is 0 Å². The number of carboxylic acid groups (broad SMARTS) is 1. The lowest BCUT2D eigenvalue weighted by Gasteiger charge is -2.15. The quantitative estimate of drug-likeness (QED) is 0.724. The lowest BCUT2D eigenvalue weighted by atomic mass is 9.97. The van der Waals surface area contributed by atoms with E-state index in [4.69, 9.17) is 5.11 Å². The van der Waals surface area contributed by atoms with Crippen LogP contribution in [0.25, 0.3) is 0 Å². The van der Waals surface area contributed by atoms with Crippen molar-refractivity contribution < 1.29 is 14.7 Å². The average Bonchev–Trinajstić information content (AvgIpc) is 2.77. The number of amides is 2. The second-order valence-electron chi connectivity index (χ2n) is 5.24. The number of urea groups is 1. The predicted octanol–water partition coefficient (Wildman–Crippen LogP) is 2.60. The number of hydrogen-bond acceptors (Lipinski definition) is 3. The highest BCUT2D eigenvalue weighted by Crippen LogP contribution is 2.14. The molecule has 1 unspecified atom stereocenters. The number of aryl methyl sites for hydroxylation is 1. The van der Waals surface area contributed by atoms with Gasteiger partial charge in [0.25, 0.3) is 0 Å². The van der Waals surface area contributed by atoms with Crippen LogP contribution < -0.4 is 10.6 Å².